The second-order valence-corrected chi connectivity index (χ2v) is 4.30. The molecule has 1 atom stereocenters. The van der Waals surface area contributed by atoms with Crippen LogP contribution in [0.1, 0.15) is 20.3 Å². The van der Waals surface area contributed by atoms with E-state index in [-0.39, 0.29) is 17.3 Å². The molecule has 0 aliphatic rings. The van der Waals surface area contributed by atoms with Crippen molar-refractivity contribution < 1.29 is 14.5 Å². The highest BCUT2D eigenvalue weighted by atomic mass is 16.6. The van der Waals surface area contributed by atoms with Crippen molar-refractivity contribution in [1.29, 1.82) is 0 Å². The van der Waals surface area contributed by atoms with Crippen LogP contribution in [0.2, 0.25) is 0 Å². The zero-order chi connectivity index (χ0) is 15.1. The summed E-state index contributed by atoms with van der Waals surface area (Å²) in [5.74, 6) is 0.281. The van der Waals surface area contributed by atoms with Crippen molar-refractivity contribution in [1.82, 2.24) is 5.32 Å². The number of hydrogen-bond acceptors (Lipinski definition) is 5. The van der Waals surface area contributed by atoms with E-state index in [4.69, 9.17) is 4.74 Å². The molecular formula is C13H19N3O4. The van der Waals surface area contributed by atoms with E-state index >= 15 is 0 Å². The van der Waals surface area contributed by atoms with E-state index in [1.54, 1.807) is 6.92 Å². The number of benzene rings is 1. The topological polar surface area (TPSA) is 93.5 Å². The van der Waals surface area contributed by atoms with Gasteiger partial charge in [0.25, 0.3) is 5.69 Å². The second kappa shape index (κ2) is 7.32. The van der Waals surface area contributed by atoms with E-state index < -0.39 is 11.0 Å². The Hall–Kier alpha value is -2.31. The minimum Gasteiger partial charge on any atom is -0.497 e. The van der Waals surface area contributed by atoms with Crippen LogP contribution >= 0.6 is 0 Å². The molecule has 0 heterocycles. The number of anilines is 1. The third-order valence-electron chi connectivity index (χ3n) is 2.71. The molecule has 0 spiro atoms. The Morgan fingerprint density at radius 2 is 2.20 bits per heavy atom. The van der Waals surface area contributed by atoms with Gasteiger partial charge in [-0.1, -0.05) is 6.92 Å². The second-order valence-electron chi connectivity index (χ2n) is 4.30. The molecular weight excluding hydrogens is 262 g/mol. The van der Waals surface area contributed by atoms with Crippen LogP contribution in [-0.4, -0.2) is 30.5 Å². The quantitative estimate of drug-likeness (QED) is 0.588. The molecule has 0 aromatic heterocycles. The minimum absolute atomic E-state index is 0.0964. The third-order valence-corrected chi connectivity index (χ3v) is 2.71. The molecule has 0 aliphatic carbocycles. The first-order valence-electron chi connectivity index (χ1n) is 6.36. The van der Waals surface area contributed by atoms with E-state index in [1.807, 2.05) is 6.92 Å². The molecule has 0 fully saturated rings. The molecule has 0 saturated carbocycles. The zero-order valence-corrected chi connectivity index (χ0v) is 11.8. The van der Waals surface area contributed by atoms with Gasteiger partial charge in [-0.3, -0.25) is 14.9 Å². The molecule has 1 amide bonds. The maximum absolute atomic E-state index is 11.8. The fraction of sp³-hybridized carbons (Fsp3) is 0.462. The van der Waals surface area contributed by atoms with E-state index in [9.17, 15) is 14.9 Å². The lowest BCUT2D eigenvalue weighted by Gasteiger charge is -2.15. The van der Waals surface area contributed by atoms with Crippen LogP contribution < -0.4 is 15.4 Å². The summed E-state index contributed by atoms with van der Waals surface area (Å²) in [4.78, 5) is 22.2. The number of carbonyl (C=O) groups excluding carboxylic acids is 1. The van der Waals surface area contributed by atoms with E-state index in [0.29, 0.717) is 12.3 Å². The summed E-state index contributed by atoms with van der Waals surface area (Å²) in [7, 11) is 1.47. The fourth-order valence-electron chi connectivity index (χ4n) is 1.62. The van der Waals surface area contributed by atoms with Gasteiger partial charge in [-0.25, -0.2) is 0 Å². The van der Waals surface area contributed by atoms with Crippen LogP contribution in [0.25, 0.3) is 0 Å². The molecule has 0 radical (unpaired) electrons. The number of hydrogen-bond donors (Lipinski definition) is 2. The van der Waals surface area contributed by atoms with Gasteiger partial charge >= 0.3 is 0 Å². The first kappa shape index (κ1) is 15.7. The molecule has 2 N–H and O–H groups in total. The first-order chi connectivity index (χ1) is 9.49. The molecule has 0 bridgehead atoms. The lowest BCUT2D eigenvalue weighted by Crippen LogP contribution is -2.38. The number of nitro groups is 1. The number of nitro benzene ring substituents is 1. The van der Waals surface area contributed by atoms with Gasteiger partial charge in [-0.2, -0.15) is 0 Å². The van der Waals surface area contributed by atoms with Gasteiger partial charge in [-0.15, -0.1) is 0 Å². The molecule has 7 nitrogen and oxygen atoms in total. The lowest BCUT2D eigenvalue weighted by atomic mass is 10.2. The van der Waals surface area contributed by atoms with Crippen molar-refractivity contribution in [3.63, 3.8) is 0 Å². The average molecular weight is 281 g/mol. The maximum Gasteiger partial charge on any atom is 0.292 e. The Balaban J connectivity index is 2.89. The van der Waals surface area contributed by atoms with Crippen LogP contribution in [0.4, 0.5) is 11.4 Å². The standard InChI is InChI=1S/C13H19N3O4/c1-4-7-14-13(17)9(2)15-11-8-10(20-3)5-6-12(11)16(18)19/h5-6,8-9,15H,4,7H2,1-3H3,(H,14,17). The molecule has 1 aromatic rings. The Morgan fingerprint density at radius 1 is 1.50 bits per heavy atom. The molecule has 1 rings (SSSR count). The van der Waals surface area contributed by atoms with Crippen LogP contribution in [0.3, 0.4) is 0 Å². The number of ether oxygens (including phenoxy) is 1. The summed E-state index contributed by atoms with van der Waals surface area (Å²) >= 11 is 0. The molecule has 0 saturated heterocycles. The van der Waals surface area contributed by atoms with E-state index in [0.717, 1.165) is 6.42 Å². The highest BCUT2D eigenvalue weighted by Gasteiger charge is 2.19. The first-order valence-corrected chi connectivity index (χ1v) is 6.36. The van der Waals surface area contributed by atoms with Gasteiger partial charge in [-0.05, 0) is 19.4 Å². The predicted octanol–water partition coefficient (Wildman–Crippen LogP) is 1.93. The van der Waals surface area contributed by atoms with Gasteiger partial charge in [0.05, 0.1) is 12.0 Å². The lowest BCUT2D eigenvalue weighted by molar-refractivity contribution is -0.384. The predicted molar refractivity (Wildman–Crippen MR) is 76.0 cm³/mol. The number of carbonyl (C=O) groups is 1. The van der Waals surface area contributed by atoms with Crippen molar-refractivity contribution in [3.8, 4) is 5.75 Å². The van der Waals surface area contributed by atoms with Crippen molar-refractivity contribution in [2.45, 2.75) is 26.3 Å². The summed E-state index contributed by atoms with van der Waals surface area (Å²) in [5, 5.41) is 16.5. The fourth-order valence-corrected chi connectivity index (χ4v) is 1.62. The van der Waals surface area contributed by atoms with Crippen molar-refractivity contribution in [2.75, 3.05) is 19.0 Å². The van der Waals surface area contributed by atoms with Gasteiger partial charge in [0, 0.05) is 18.7 Å². The van der Waals surface area contributed by atoms with Crippen molar-refractivity contribution >= 4 is 17.3 Å². The molecule has 1 aromatic carbocycles. The summed E-state index contributed by atoms with van der Waals surface area (Å²) in [6, 6.07) is 3.78. The molecule has 0 aliphatic heterocycles. The summed E-state index contributed by atoms with van der Waals surface area (Å²) < 4.78 is 5.03. The van der Waals surface area contributed by atoms with E-state index in [1.165, 1.54) is 25.3 Å². The SMILES string of the molecule is CCCNC(=O)C(C)Nc1cc(OC)ccc1[N+](=O)[O-]. The monoisotopic (exact) mass is 281 g/mol. The Labute approximate surface area is 117 Å². The Bertz CT molecular complexity index is 491. The molecule has 20 heavy (non-hydrogen) atoms. The number of amides is 1. The smallest absolute Gasteiger partial charge is 0.292 e. The van der Waals surface area contributed by atoms with Crippen LogP contribution in [0.15, 0.2) is 18.2 Å². The number of rotatable bonds is 7. The van der Waals surface area contributed by atoms with Gasteiger partial charge in [0.1, 0.15) is 17.5 Å². The summed E-state index contributed by atoms with van der Waals surface area (Å²) in [6.45, 7) is 4.17. The molecule has 7 heteroatoms. The number of nitrogens with zero attached hydrogens (tertiary/aromatic N) is 1. The largest absolute Gasteiger partial charge is 0.497 e. The summed E-state index contributed by atoms with van der Waals surface area (Å²) in [5.41, 5.74) is 0.162. The highest BCUT2D eigenvalue weighted by Crippen LogP contribution is 2.29. The Kier molecular flexibility index (Phi) is 5.76. The van der Waals surface area contributed by atoms with Crippen LogP contribution in [0.5, 0.6) is 5.75 Å². The highest BCUT2D eigenvalue weighted by molar-refractivity contribution is 5.85. The third kappa shape index (κ3) is 4.11. The van der Waals surface area contributed by atoms with Gasteiger partial charge < -0.3 is 15.4 Å². The van der Waals surface area contributed by atoms with Gasteiger partial charge in [0.2, 0.25) is 5.91 Å². The molecule has 110 valence electrons. The summed E-state index contributed by atoms with van der Waals surface area (Å²) in [6.07, 6.45) is 0.831. The Morgan fingerprint density at radius 3 is 2.75 bits per heavy atom. The molecule has 1 unspecified atom stereocenters. The van der Waals surface area contributed by atoms with Gasteiger partial charge in [0.15, 0.2) is 0 Å². The zero-order valence-electron chi connectivity index (χ0n) is 11.8. The van der Waals surface area contributed by atoms with Crippen molar-refractivity contribution in [3.05, 3.63) is 28.3 Å². The number of nitrogens with one attached hydrogen (secondary N) is 2. The number of methoxy groups -OCH3 is 1. The van der Waals surface area contributed by atoms with Crippen molar-refractivity contribution in [2.24, 2.45) is 0 Å². The average Bonchev–Trinajstić information content (AvgIpc) is 2.44. The minimum atomic E-state index is -0.577. The normalized spacial score (nSPS) is 11.6. The van der Waals surface area contributed by atoms with Crippen LogP contribution in [0, 0.1) is 10.1 Å². The van der Waals surface area contributed by atoms with Crippen LogP contribution in [-0.2, 0) is 4.79 Å². The maximum atomic E-state index is 11.8. The van der Waals surface area contributed by atoms with E-state index in [2.05, 4.69) is 10.6 Å².